The average Bonchev–Trinajstić information content (AvgIpc) is 3.12. The van der Waals surface area contributed by atoms with Crippen LogP contribution in [0.4, 0.5) is 5.69 Å². The Bertz CT molecular complexity index is 738. The third-order valence-electron chi connectivity index (χ3n) is 3.17. The van der Waals surface area contributed by atoms with Gasteiger partial charge in [-0.2, -0.15) is 0 Å². The van der Waals surface area contributed by atoms with Crippen molar-refractivity contribution in [3.8, 4) is 0 Å². The first-order valence-corrected chi connectivity index (χ1v) is 7.85. The van der Waals surface area contributed by atoms with Crippen LogP contribution in [-0.4, -0.2) is 30.9 Å². The molecule has 0 saturated carbocycles. The molecule has 0 radical (unpaired) electrons. The molecule has 0 fully saturated rings. The second kappa shape index (κ2) is 8.68. The van der Waals surface area contributed by atoms with Gasteiger partial charge in [-0.15, -0.1) is 0 Å². The lowest BCUT2D eigenvalue weighted by atomic mass is 10.1. The highest BCUT2D eigenvalue weighted by Gasteiger charge is 2.15. The second-order valence-corrected chi connectivity index (χ2v) is 5.75. The third kappa shape index (κ3) is 5.49. The van der Waals surface area contributed by atoms with Gasteiger partial charge in [0.1, 0.15) is 0 Å². The van der Waals surface area contributed by atoms with Gasteiger partial charge < -0.3 is 19.8 Å². The van der Waals surface area contributed by atoms with Gasteiger partial charge in [0, 0.05) is 6.54 Å². The molecule has 0 aliphatic rings. The van der Waals surface area contributed by atoms with Crippen LogP contribution in [0.3, 0.4) is 0 Å². The molecule has 2 amide bonds. The van der Waals surface area contributed by atoms with Crippen molar-refractivity contribution in [1.29, 1.82) is 0 Å². The summed E-state index contributed by atoms with van der Waals surface area (Å²) in [5, 5.41) is 5.36. The molecule has 1 heterocycles. The Balaban J connectivity index is 1.94. The molecule has 1 aromatic heterocycles. The minimum absolute atomic E-state index is 0.0151. The van der Waals surface area contributed by atoms with Gasteiger partial charge in [0.2, 0.25) is 5.76 Å². The number of amides is 2. The average molecular weight is 344 g/mol. The second-order valence-electron chi connectivity index (χ2n) is 5.75. The van der Waals surface area contributed by atoms with Gasteiger partial charge in [-0.3, -0.25) is 9.59 Å². The van der Waals surface area contributed by atoms with Crippen LogP contribution in [0, 0.1) is 5.92 Å². The monoisotopic (exact) mass is 344 g/mol. The molecule has 0 spiro atoms. The highest BCUT2D eigenvalue weighted by Crippen LogP contribution is 2.15. The van der Waals surface area contributed by atoms with Crippen molar-refractivity contribution in [3.63, 3.8) is 0 Å². The molecule has 0 saturated heterocycles. The minimum Gasteiger partial charge on any atom is -0.457 e. The van der Waals surface area contributed by atoms with Crippen molar-refractivity contribution in [2.45, 2.75) is 13.8 Å². The number of carbonyl (C=O) groups is 3. The van der Waals surface area contributed by atoms with Gasteiger partial charge in [-0.05, 0) is 30.2 Å². The number of carbonyl (C=O) groups excluding carboxylic acids is 3. The largest absolute Gasteiger partial charge is 0.457 e. The zero-order chi connectivity index (χ0) is 18.2. The Labute approximate surface area is 145 Å². The summed E-state index contributed by atoms with van der Waals surface area (Å²) in [6.07, 6.45) is 1.34. The van der Waals surface area contributed by atoms with Crippen LogP contribution in [0.1, 0.15) is 34.8 Å². The Morgan fingerprint density at radius 3 is 2.56 bits per heavy atom. The van der Waals surface area contributed by atoms with Gasteiger partial charge in [-0.25, -0.2) is 4.79 Å². The summed E-state index contributed by atoms with van der Waals surface area (Å²) in [6.45, 7) is 4.02. The van der Waals surface area contributed by atoms with Crippen molar-refractivity contribution in [2.24, 2.45) is 5.92 Å². The molecule has 7 nitrogen and oxygen atoms in total. The van der Waals surface area contributed by atoms with E-state index in [1.54, 1.807) is 30.3 Å². The summed E-state index contributed by atoms with van der Waals surface area (Å²) in [5.74, 6) is -1.24. The van der Waals surface area contributed by atoms with E-state index in [9.17, 15) is 14.4 Å². The molecule has 2 aromatic rings. The van der Waals surface area contributed by atoms with Crippen LogP contribution in [0.15, 0.2) is 47.1 Å². The van der Waals surface area contributed by atoms with Gasteiger partial charge in [0.15, 0.2) is 6.61 Å². The lowest BCUT2D eigenvalue weighted by Gasteiger charge is -2.12. The predicted molar refractivity (Wildman–Crippen MR) is 91.2 cm³/mol. The van der Waals surface area contributed by atoms with Crippen molar-refractivity contribution >= 4 is 23.5 Å². The SMILES string of the molecule is CC(C)CNC(=O)c1ccccc1NC(=O)COC(=O)c1ccco1. The number of hydrogen-bond acceptors (Lipinski definition) is 5. The number of nitrogens with one attached hydrogen (secondary N) is 2. The number of rotatable bonds is 7. The van der Waals surface area contributed by atoms with E-state index in [0.29, 0.717) is 23.7 Å². The van der Waals surface area contributed by atoms with Crippen LogP contribution in [0.25, 0.3) is 0 Å². The summed E-state index contributed by atoms with van der Waals surface area (Å²) in [5.41, 5.74) is 0.691. The van der Waals surface area contributed by atoms with E-state index in [-0.39, 0.29) is 11.7 Å². The third-order valence-corrected chi connectivity index (χ3v) is 3.17. The highest BCUT2D eigenvalue weighted by atomic mass is 16.5. The number of furan rings is 1. The quantitative estimate of drug-likeness (QED) is 0.752. The molecule has 0 atom stereocenters. The molecule has 0 bridgehead atoms. The lowest BCUT2D eigenvalue weighted by Crippen LogP contribution is -2.29. The number of anilines is 1. The van der Waals surface area contributed by atoms with E-state index in [2.05, 4.69) is 10.6 Å². The van der Waals surface area contributed by atoms with Crippen LogP contribution >= 0.6 is 0 Å². The normalized spacial score (nSPS) is 10.4. The van der Waals surface area contributed by atoms with Crippen LogP contribution in [0.2, 0.25) is 0 Å². The molecule has 7 heteroatoms. The number of ether oxygens (including phenoxy) is 1. The maximum absolute atomic E-state index is 12.2. The first kappa shape index (κ1) is 18.3. The fourth-order valence-corrected chi connectivity index (χ4v) is 1.97. The minimum atomic E-state index is -0.733. The molecule has 132 valence electrons. The molecule has 2 N–H and O–H groups in total. The molecule has 1 aromatic carbocycles. The van der Waals surface area contributed by atoms with E-state index in [1.165, 1.54) is 12.3 Å². The summed E-state index contributed by atoms with van der Waals surface area (Å²) in [4.78, 5) is 35.8. The van der Waals surface area contributed by atoms with Crippen molar-refractivity contribution in [1.82, 2.24) is 5.32 Å². The first-order valence-electron chi connectivity index (χ1n) is 7.85. The fraction of sp³-hybridized carbons (Fsp3) is 0.278. The van der Waals surface area contributed by atoms with Crippen LogP contribution in [0.5, 0.6) is 0 Å². The Kier molecular flexibility index (Phi) is 6.33. The summed E-state index contributed by atoms with van der Waals surface area (Å²) in [6, 6.07) is 9.61. The molecule has 0 aliphatic heterocycles. The number of benzene rings is 1. The Morgan fingerprint density at radius 1 is 1.12 bits per heavy atom. The maximum atomic E-state index is 12.2. The van der Waals surface area contributed by atoms with Crippen LogP contribution < -0.4 is 10.6 Å². The predicted octanol–water partition coefficient (Wildman–Crippen LogP) is 2.46. The standard InChI is InChI=1S/C18H20N2O5/c1-12(2)10-19-17(22)13-6-3-4-7-14(13)20-16(21)11-25-18(23)15-8-5-9-24-15/h3-9,12H,10-11H2,1-2H3,(H,19,22)(H,20,21). The van der Waals surface area contributed by atoms with Crippen molar-refractivity contribution < 1.29 is 23.5 Å². The van der Waals surface area contributed by atoms with Gasteiger partial charge >= 0.3 is 5.97 Å². The molecule has 0 unspecified atom stereocenters. The van der Waals surface area contributed by atoms with Crippen LogP contribution in [-0.2, 0) is 9.53 Å². The lowest BCUT2D eigenvalue weighted by molar-refractivity contribution is -0.119. The number of hydrogen-bond donors (Lipinski definition) is 2. The topological polar surface area (TPSA) is 97.6 Å². The van der Waals surface area contributed by atoms with Gasteiger partial charge in [0.05, 0.1) is 17.5 Å². The van der Waals surface area contributed by atoms with Gasteiger partial charge in [-0.1, -0.05) is 26.0 Å². The van der Waals surface area contributed by atoms with E-state index in [0.717, 1.165) is 0 Å². The smallest absolute Gasteiger partial charge is 0.374 e. The summed E-state index contributed by atoms with van der Waals surface area (Å²) >= 11 is 0. The first-order chi connectivity index (χ1) is 12.0. The fourth-order valence-electron chi connectivity index (χ4n) is 1.97. The number of esters is 1. The Hall–Kier alpha value is -3.09. The summed E-state index contributed by atoms with van der Waals surface area (Å²) in [7, 11) is 0. The van der Waals surface area contributed by atoms with E-state index in [4.69, 9.17) is 9.15 Å². The van der Waals surface area contributed by atoms with E-state index < -0.39 is 18.5 Å². The number of para-hydroxylation sites is 1. The van der Waals surface area contributed by atoms with E-state index >= 15 is 0 Å². The molecule has 25 heavy (non-hydrogen) atoms. The molecular weight excluding hydrogens is 324 g/mol. The highest BCUT2D eigenvalue weighted by molar-refractivity contribution is 6.04. The Morgan fingerprint density at radius 2 is 1.88 bits per heavy atom. The molecule has 2 rings (SSSR count). The zero-order valence-electron chi connectivity index (χ0n) is 14.1. The maximum Gasteiger partial charge on any atom is 0.374 e. The van der Waals surface area contributed by atoms with E-state index in [1.807, 2.05) is 13.8 Å². The van der Waals surface area contributed by atoms with Crippen molar-refractivity contribution in [2.75, 3.05) is 18.5 Å². The van der Waals surface area contributed by atoms with Gasteiger partial charge in [0.25, 0.3) is 11.8 Å². The summed E-state index contributed by atoms with van der Waals surface area (Å²) < 4.78 is 9.74. The molecular formula is C18H20N2O5. The van der Waals surface area contributed by atoms with Crippen molar-refractivity contribution in [3.05, 3.63) is 54.0 Å². The zero-order valence-corrected chi connectivity index (χ0v) is 14.1. The molecule has 0 aliphatic carbocycles.